The molecule has 1 aromatic rings. The maximum Gasteiger partial charge on any atom is 0.397 e. The first-order chi connectivity index (χ1) is 10.9. The Balaban J connectivity index is 2.61. The van der Waals surface area contributed by atoms with E-state index in [1.807, 2.05) is 30.3 Å². The van der Waals surface area contributed by atoms with E-state index in [0.717, 1.165) is 37.3 Å². The second-order valence-electron chi connectivity index (χ2n) is 6.36. The SMILES string of the molecule is C=CC(CCCCCCCC)(CCc1ccccc1)C(F)(F)F. The summed E-state index contributed by atoms with van der Waals surface area (Å²) in [4.78, 5) is 0. The summed E-state index contributed by atoms with van der Waals surface area (Å²) in [7, 11) is 0. The van der Waals surface area contributed by atoms with E-state index in [1.165, 1.54) is 6.42 Å². The number of hydrogen-bond acceptors (Lipinski definition) is 0. The number of hydrogen-bond donors (Lipinski definition) is 0. The monoisotopic (exact) mass is 326 g/mol. The van der Waals surface area contributed by atoms with Crippen molar-refractivity contribution in [2.75, 3.05) is 0 Å². The molecule has 0 saturated carbocycles. The van der Waals surface area contributed by atoms with E-state index in [-0.39, 0.29) is 12.8 Å². The van der Waals surface area contributed by atoms with Gasteiger partial charge in [0.25, 0.3) is 0 Å². The molecule has 1 unspecified atom stereocenters. The van der Waals surface area contributed by atoms with Gasteiger partial charge in [0, 0.05) is 0 Å². The van der Waals surface area contributed by atoms with Crippen LogP contribution < -0.4 is 0 Å². The fraction of sp³-hybridized carbons (Fsp3) is 0.600. The average molecular weight is 326 g/mol. The van der Waals surface area contributed by atoms with Crippen LogP contribution in [-0.2, 0) is 6.42 Å². The third-order valence-electron chi connectivity index (χ3n) is 4.63. The van der Waals surface area contributed by atoms with Crippen molar-refractivity contribution in [3.05, 3.63) is 48.6 Å². The Morgan fingerprint density at radius 3 is 2.09 bits per heavy atom. The van der Waals surface area contributed by atoms with Gasteiger partial charge in [0.1, 0.15) is 0 Å². The van der Waals surface area contributed by atoms with Crippen LogP contribution in [0.1, 0.15) is 63.9 Å². The van der Waals surface area contributed by atoms with Crippen molar-refractivity contribution < 1.29 is 13.2 Å². The molecule has 0 aliphatic carbocycles. The number of benzene rings is 1. The maximum absolute atomic E-state index is 13.6. The molecule has 0 saturated heterocycles. The van der Waals surface area contributed by atoms with Crippen LogP contribution in [0.15, 0.2) is 43.0 Å². The van der Waals surface area contributed by atoms with Crippen molar-refractivity contribution in [3.63, 3.8) is 0 Å². The molecule has 1 atom stereocenters. The molecule has 0 aromatic heterocycles. The molecule has 1 rings (SSSR count). The first kappa shape index (κ1) is 19.8. The number of rotatable bonds is 11. The Kier molecular flexibility index (Phi) is 8.43. The molecule has 0 bridgehead atoms. The molecule has 0 N–H and O–H groups in total. The summed E-state index contributed by atoms with van der Waals surface area (Å²) >= 11 is 0. The quantitative estimate of drug-likeness (QED) is 0.300. The highest BCUT2D eigenvalue weighted by molar-refractivity contribution is 5.16. The lowest BCUT2D eigenvalue weighted by Gasteiger charge is -2.33. The molecule has 0 aliphatic rings. The van der Waals surface area contributed by atoms with Crippen molar-refractivity contribution in [1.82, 2.24) is 0 Å². The minimum absolute atomic E-state index is 0.0823. The van der Waals surface area contributed by atoms with Gasteiger partial charge in [-0.2, -0.15) is 13.2 Å². The fourth-order valence-corrected chi connectivity index (χ4v) is 2.96. The van der Waals surface area contributed by atoms with E-state index in [4.69, 9.17) is 0 Å². The summed E-state index contributed by atoms with van der Waals surface area (Å²) < 4.78 is 40.9. The zero-order valence-electron chi connectivity index (χ0n) is 14.2. The fourth-order valence-electron chi connectivity index (χ4n) is 2.96. The minimum atomic E-state index is -4.23. The predicted molar refractivity (Wildman–Crippen MR) is 91.4 cm³/mol. The summed E-state index contributed by atoms with van der Waals surface area (Å²) in [5.41, 5.74) is -0.806. The molecular weight excluding hydrogens is 297 g/mol. The second kappa shape index (κ2) is 9.79. The zero-order valence-corrected chi connectivity index (χ0v) is 14.2. The van der Waals surface area contributed by atoms with Crippen molar-refractivity contribution in [1.29, 1.82) is 0 Å². The predicted octanol–water partition coefficient (Wildman–Crippen LogP) is 7.10. The minimum Gasteiger partial charge on any atom is -0.170 e. The first-order valence-corrected chi connectivity index (χ1v) is 8.69. The first-order valence-electron chi connectivity index (χ1n) is 8.69. The molecule has 0 heterocycles. The lowest BCUT2D eigenvalue weighted by atomic mass is 9.77. The molecule has 3 heteroatoms. The van der Waals surface area contributed by atoms with Gasteiger partial charge >= 0.3 is 6.18 Å². The van der Waals surface area contributed by atoms with E-state index < -0.39 is 11.6 Å². The second-order valence-corrected chi connectivity index (χ2v) is 6.36. The van der Waals surface area contributed by atoms with E-state index in [2.05, 4.69) is 13.5 Å². The largest absolute Gasteiger partial charge is 0.397 e. The molecule has 130 valence electrons. The van der Waals surface area contributed by atoms with Gasteiger partial charge in [-0.25, -0.2) is 0 Å². The Labute approximate surface area is 138 Å². The average Bonchev–Trinajstić information content (AvgIpc) is 2.53. The van der Waals surface area contributed by atoms with Gasteiger partial charge < -0.3 is 0 Å². The summed E-state index contributed by atoms with van der Waals surface area (Å²) in [6.07, 6.45) is 3.53. The maximum atomic E-state index is 13.6. The van der Waals surface area contributed by atoms with E-state index in [9.17, 15) is 13.2 Å². The van der Waals surface area contributed by atoms with Crippen LogP contribution in [0.2, 0.25) is 0 Å². The van der Waals surface area contributed by atoms with Gasteiger partial charge in [-0.05, 0) is 24.8 Å². The molecule has 0 amide bonds. The zero-order chi connectivity index (χ0) is 17.2. The van der Waals surface area contributed by atoms with Crippen LogP contribution in [-0.4, -0.2) is 6.18 Å². The number of alkyl halides is 3. The lowest BCUT2D eigenvalue weighted by molar-refractivity contribution is -0.210. The number of unbranched alkanes of at least 4 members (excludes halogenated alkanes) is 5. The Morgan fingerprint density at radius 1 is 0.913 bits per heavy atom. The summed E-state index contributed by atoms with van der Waals surface area (Å²) in [6, 6.07) is 9.38. The van der Waals surface area contributed by atoms with Crippen molar-refractivity contribution in [3.8, 4) is 0 Å². The van der Waals surface area contributed by atoms with Gasteiger partial charge in [0.05, 0.1) is 5.41 Å². The number of allylic oxidation sites excluding steroid dienone is 1. The summed E-state index contributed by atoms with van der Waals surface area (Å²) in [6.45, 7) is 5.66. The number of halogens is 3. The highest BCUT2D eigenvalue weighted by Crippen LogP contribution is 2.47. The van der Waals surface area contributed by atoms with Crippen LogP contribution in [0.25, 0.3) is 0 Å². The highest BCUT2D eigenvalue weighted by Gasteiger charge is 2.51. The van der Waals surface area contributed by atoms with Crippen molar-refractivity contribution in [2.45, 2.75) is 70.9 Å². The summed E-state index contributed by atoms with van der Waals surface area (Å²) in [5.74, 6) is 0. The molecule has 0 fully saturated rings. The van der Waals surface area contributed by atoms with Gasteiger partial charge in [-0.3, -0.25) is 0 Å². The van der Waals surface area contributed by atoms with Gasteiger partial charge in [0.2, 0.25) is 0 Å². The van der Waals surface area contributed by atoms with Gasteiger partial charge in [0.15, 0.2) is 0 Å². The third kappa shape index (κ3) is 6.40. The van der Waals surface area contributed by atoms with E-state index in [1.54, 1.807) is 0 Å². The van der Waals surface area contributed by atoms with Crippen molar-refractivity contribution in [2.24, 2.45) is 5.41 Å². The van der Waals surface area contributed by atoms with Crippen molar-refractivity contribution >= 4 is 0 Å². The van der Waals surface area contributed by atoms with Gasteiger partial charge in [-0.1, -0.05) is 81.9 Å². The molecule has 23 heavy (non-hydrogen) atoms. The molecule has 0 nitrogen and oxygen atoms in total. The van der Waals surface area contributed by atoms with Gasteiger partial charge in [-0.15, -0.1) is 6.58 Å². The van der Waals surface area contributed by atoms with E-state index >= 15 is 0 Å². The topological polar surface area (TPSA) is 0 Å². The summed E-state index contributed by atoms with van der Waals surface area (Å²) in [5, 5.41) is 0. The highest BCUT2D eigenvalue weighted by atomic mass is 19.4. The third-order valence-corrected chi connectivity index (χ3v) is 4.63. The van der Waals surface area contributed by atoms with E-state index in [0.29, 0.717) is 12.8 Å². The van der Waals surface area contributed by atoms with Crippen LogP contribution in [0.3, 0.4) is 0 Å². The van der Waals surface area contributed by atoms with Crippen LogP contribution in [0.4, 0.5) is 13.2 Å². The van der Waals surface area contributed by atoms with Crippen LogP contribution in [0.5, 0.6) is 0 Å². The van der Waals surface area contributed by atoms with Crippen LogP contribution >= 0.6 is 0 Å². The Hall–Kier alpha value is -1.25. The molecule has 0 radical (unpaired) electrons. The molecule has 0 aliphatic heterocycles. The molecule has 1 aromatic carbocycles. The standard InChI is InChI=1S/C20H29F3/c1-3-5-6-7-8-12-16-19(4-2,20(21,22)23)17-15-18-13-10-9-11-14-18/h4,9-11,13-14H,2-3,5-8,12,15-17H2,1H3. The Bertz CT molecular complexity index is 436. The lowest BCUT2D eigenvalue weighted by Crippen LogP contribution is -2.36. The molecular formula is C20H29F3. The molecule has 0 spiro atoms. The normalized spacial score (nSPS) is 14.4. The number of aryl methyl sites for hydroxylation is 1. The smallest absolute Gasteiger partial charge is 0.170 e. The Morgan fingerprint density at radius 2 is 1.52 bits per heavy atom. The van der Waals surface area contributed by atoms with Crippen LogP contribution in [0, 0.1) is 5.41 Å².